The zero-order valence-corrected chi connectivity index (χ0v) is 11.9. The summed E-state index contributed by atoms with van der Waals surface area (Å²) in [6.45, 7) is 0. The molecule has 2 aromatic rings. The lowest BCUT2D eigenvalue weighted by molar-refractivity contribution is -0.128. The lowest BCUT2D eigenvalue weighted by atomic mass is 10.1. The Bertz CT molecular complexity index is 605. The minimum Gasteiger partial charge on any atom is -0.474 e. The van der Waals surface area contributed by atoms with Gasteiger partial charge in [0.25, 0.3) is 5.91 Å². The van der Waals surface area contributed by atoms with Crippen LogP contribution in [0.1, 0.15) is 11.7 Å². The van der Waals surface area contributed by atoms with Gasteiger partial charge < -0.3 is 4.74 Å². The van der Waals surface area contributed by atoms with Crippen molar-refractivity contribution in [2.75, 3.05) is 0 Å². The molecule has 0 saturated heterocycles. The summed E-state index contributed by atoms with van der Waals surface area (Å²) in [5.41, 5.74) is 2.75. The molecular formula is C14H12Cl2N2O2. The summed E-state index contributed by atoms with van der Waals surface area (Å²) >= 11 is 11.9. The van der Waals surface area contributed by atoms with Gasteiger partial charge in [-0.2, -0.15) is 0 Å². The first kappa shape index (κ1) is 14.7. The van der Waals surface area contributed by atoms with Crippen LogP contribution in [-0.2, 0) is 4.79 Å². The molecule has 104 valence electrons. The number of benzene rings is 2. The zero-order valence-electron chi connectivity index (χ0n) is 10.3. The van der Waals surface area contributed by atoms with E-state index in [2.05, 4.69) is 5.43 Å². The second-order valence-electron chi connectivity index (χ2n) is 3.99. The fourth-order valence-corrected chi connectivity index (χ4v) is 2.13. The number of halogens is 2. The fraction of sp³-hybridized carbons (Fsp3) is 0.0714. The number of nitrogens with two attached hydrogens (primary N) is 1. The molecule has 2 aromatic carbocycles. The Kier molecular flexibility index (Phi) is 4.84. The largest absolute Gasteiger partial charge is 0.474 e. The van der Waals surface area contributed by atoms with Crippen LogP contribution in [0.4, 0.5) is 0 Å². The second kappa shape index (κ2) is 6.61. The number of hydrazine groups is 1. The third-order valence-corrected chi connectivity index (χ3v) is 3.15. The topological polar surface area (TPSA) is 64.3 Å². The van der Waals surface area contributed by atoms with Crippen molar-refractivity contribution in [3.63, 3.8) is 0 Å². The quantitative estimate of drug-likeness (QED) is 0.518. The number of ether oxygens (including phenoxy) is 1. The number of carbonyl (C=O) groups is 1. The number of amides is 1. The van der Waals surface area contributed by atoms with Gasteiger partial charge in [0.2, 0.25) is 6.10 Å². The van der Waals surface area contributed by atoms with Gasteiger partial charge in [-0.3, -0.25) is 10.2 Å². The van der Waals surface area contributed by atoms with E-state index < -0.39 is 12.0 Å². The SMILES string of the molecule is NNC(=O)C(Oc1ccc(Cl)cc1Cl)c1ccccc1. The maximum Gasteiger partial charge on any atom is 0.279 e. The highest BCUT2D eigenvalue weighted by atomic mass is 35.5. The van der Waals surface area contributed by atoms with E-state index in [0.29, 0.717) is 21.4 Å². The first-order valence-corrected chi connectivity index (χ1v) is 6.54. The molecule has 6 heteroatoms. The van der Waals surface area contributed by atoms with Gasteiger partial charge in [0.1, 0.15) is 5.75 Å². The monoisotopic (exact) mass is 310 g/mol. The molecule has 3 N–H and O–H groups in total. The van der Waals surface area contributed by atoms with Crippen LogP contribution in [0, 0.1) is 0 Å². The Morgan fingerprint density at radius 3 is 2.45 bits per heavy atom. The predicted molar refractivity (Wildman–Crippen MR) is 78.6 cm³/mol. The van der Waals surface area contributed by atoms with Gasteiger partial charge in [-0.25, -0.2) is 5.84 Å². The van der Waals surface area contributed by atoms with E-state index in [1.54, 1.807) is 42.5 Å². The molecule has 2 rings (SSSR count). The molecule has 1 unspecified atom stereocenters. The van der Waals surface area contributed by atoms with E-state index in [4.69, 9.17) is 33.8 Å². The van der Waals surface area contributed by atoms with Gasteiger partial charge in [-0.1, -0.05) is 53.5 Å². The third-order valence-electron chi connectivity index (χ3n) is 2.62. The molecule has 1 atom stereocenters. The molecule has 4 nitrogen and oxygen atoms in total. The van der Waals surface area contributed by atoms with Crippen LogP contribution >= 0.6 is 23.2 Å². The van der Waals surface area contributed by atoms with Gasteiger partial charge in [0.05, 0.1) is 5.02 Å². The molecular weight excluding hydrogens is 299 g/mol. The zero-order chi connectivity index (χ0) is 14.5. The first-order valence-electron chi connectivity index (χ1n) is 5.79. The number of hydrogen-bond acceptors (Lipinski definition) is 3. The van der Waals surface area contributed by atoms with Gasteiger partial charge in [0.15, 0.2) is 0 Å². The van der Waals surface area contributed by atoms with Crippen LogP contribution in [-0.4, -0.2) is 5.91 Å². The standard InChI is InChI=1S/C14H12Cl2N2O2/c15-10-6-7-12(11(16)8-10)20-13(14(19)18-17)9-4-2-1-3-5-9/h1-8,13H,17H2,(H,18,19). The normalized spacial score (nSPS) is 11.8. The summed E-state index contributed by atoms with van der Waals surface area (Å²) in [5, 5.41) is 0.810. The van der Waals surface area contributed by atoms with E-state index >= 15 is 0 Å². The highest BCUT2D eigenvalue weighted by molar-refractivity contribution is 6.35. The highest BCUT2D eigenvalue weighted by Gasteiger charge is 2.22. The molecule has 20 heavy (non-hydrogen) atoms. The summed E-state index contributed by atoms with van der Waals surface area (Å²) in [6, 6.07) is 13.8. The third kappa shape index (κ3) is 3.42. The molecule has 0 aliphatic heterocycles. The first-order chi connectivity index (χ1) is 9.61. The minimum absolute atomic E-state index is 0.322. The number of rotatable bonds is 4. The molecule has 0 aromatic heterocycles. The maximum atomic E-state index is 11.9. The molecule has 0 aliphatic rings. The average molecular weight is 311 g/mol. The van der Waals surface area contributed by atoms with Gasteiger partial charge in [-0.05, 0) is 18.2 Å². The van der Waals surface area contributed by atoms with Crippen LogP contribution in [0.25, 0.3) is 0 Å². The smallest absolute Gasteiger partial charge is 0.279 e. The number of hydrogen-bond donors (Lipinski definition) is 2. The van der Waals surface area contributed by atoms with Crippen molar-refractivity contribution in [2.24, 2.45) is 5.84 Å². The van der Waals surface area contributed by atoms with Crippen molar-refractivity contribution >= 4 is 29.1 Å². The van der Waals surface area contributed by atoms with Crippen LogP contribution < -0.4 is 16.0 Å². The van der Waals surface area contributed by atoms with E-state index in [9.17, 15) is 4.79 Å². The lowest BCUT2D eigenvalue weighted by Crippen LogP contribution is -2.37. The van der Waals surface area contributed by atoms with E-state index in [0.717, 1.165) is 0 Å². The van der Waals surface area contributed by atoms with E-state index in [1.807, 2.05) is 6.07 Å². The van der Waals surface area contributed by atoms with Gasteiger partial charge in [-0.15, -0.1) is 0 Å². The molecule has 0 bridgehead atoms. The van der Waals surface area contributed by atoms with Crippen molar-refractivity contribution in [3.05, 3.63) is 64.1 Å². The molecule has 0 aliphatic carbocycles. The van der Waals surface area contributed by atoms with Crippen LogP contribution in [0.3, 0.4) is 0 Å². The Labute approximate surface area is 126 Å². The lowest BCUT2D eigenvalue weighted by Gasteiger charge is -2.18. The van der Waals surface area contributed by atoms with Crippen molar-refractivity contribution in [1.82, 2.24) is 5.43 Å². The number of carbonyl (C=O) groups excluding carboxylic acids is 1. The van der Waals surface area contributed by atoms with Crippen molar-refractivity contribution in [3.8, 4) is 5.75 Å². The second-order valence-corrected chi connectivity index (χ2v) is 4.84. The summed E-state index contributed by atoms with van der Waals surface area (Å²) in [7, 11) is 0. The fourth-order valence-electron chi connectivity index (χ4n) is 1.67. The van der Waals surface area contributed by atoms with E-state index in [1.165, 1.54) is 0 Å². The minimum atomic E-state index is -0.889. The predicted octanol–water partition coefficient (Wildman–Crippen LogP) is 3.10. The average Bonchev–Trinajstić information content (AvgIpc) is 2.46. The van der Waals surface area contributed by atoms with Gasteiger partial charge >= 0.3 is 0 Å². The summed E-state index contributed by atoms with van der Waals surface area (Å²) in [5.74, 6) is 5.08. The molecule has 1 amide bonds. The van der Waals surface area contributed by atoms with Crippen LogP contribution in [0.2, 0.25) is 10.0 Å². The Balaban J connectivity index is 2.31. The van der Waals surface area contributed by atoms with Crippen molar-refractivity contribution in [1.29, 1.82) is 0 Å². The Hall–Kier alpha value is -1.75. The van der Waals surface area contributed by atoms with Crippen LogP contribution in [0.15, 0.2) is 48.5 Å². The highest BCUT2D eigenvalue weighted by Crippen LogP contribution is 2.31. The summed E-state index contributed by atoms with van der Waals surface area (Å²) < 4.78 is 5.66. The molecule has 0 heterocycles. The van der Waals surface area contributed by atoms with Crippen LogP contribution in [0.5, 0.6) is 5.75 Å². The molecule has 0 fully saturated rings. The summed E-state index contributed by atoms with van der Waals surface area (Å²) in [4.78, 5) is 11.9. The Morgan fingerprint density at radius 1 is 1.15 bits per heavy atom. The van der Waals surface area contributed by atoms with Gasteiger partial charge in [0, 0.05) is 10.6 Å². The number of nitrogens with one attached hydrogen (secondary N) is 1. The van der Waals surface area contributed by atoms with Crippen molar-refractivity contribution < 1.29 is 9.53 Å². The molecule has 0 radical (unpaired) electrons. The maximum absolute atomic E-state index is 11.9. The van der Waals surface area contributed by atoms with Crippen molar-refractivity contribution in [2.45, 2.75) is 6.10 Å². The molecule has 0 saturated carbocycles. The van der Waals surface area contributed by atoms with E-state index in [-0.39, 0.29) is 0 Å². The summed E-state index contributed by atoms with van der Waals surface area (Å²) in [6.07, 6.45) is -0.889. The molecule has 0 spiro atoms. The Morgan fingerprint density at radius 2 is 1.85 bits per heavy atom.